The van der Waals surface area contributed by atoms with Crippen molar-refractivity contribution in [1.82, 2.24) is 9.88 Å². The fourth-order valence-corrected chi connectivity index (χ4v) is 2.49. The zero-order chi connectivity index (χ0) is 13.7. The topological polar surface area (TPSA) is 59.8 Å². The van der Waals surface area contributed by atoms with E-state index >= 15 is 0 Å². The van der Waals surface area contributed by atoms with Crippen molar-refractivity contribution in [1.29, 1.82) is 0 Å². The second-order valence-corrected chi connectivity index (χ2v) is 5.07. The average Bonchev–Trinajstić information content (AvgIpc) is 2.66. The highest BCUT2D eigenvalue weighted by Crippen LogP contribution is 2.20. The van der Waals surface area contributed by atoms with E-state index in [1.807, 2.05) is 6.07 Å². The molecule has 106 valence electrons. The number of β-amino-alcohol motifs (C(OH)–C–C–N with tert-alkyl or cyclic N) is 1. The van der Waals surface area contributed by atoms with Crippen LogP contribution < -0.4 is 4.90 Å². The van der Waals surface area contributed by atoms with E-state index in [2.05, 4.69) is 14.8 Å². The van der Waals surface area contributed by atoms with Crippen LogP contribution in [0.2, 0.25) is 5.02 Å². The van der Waals surface area contributed by atoms with Crippen molar-refractivity contribution in [3.63, 3.8) is 0 Å². The SMILES string of the molecule is OCCN1CCCN(c2ccc(Cl)c(CO)n2)CC1. The fraction of sp³-hybridized carbons (Fsp3) is 0.615. The summed E-state index contributed by atoms with van der Waals surface area (Å²) >= 11 is 5.95. The third-order valence-corrected chi connectivity index (χ3v) is 3.73. The molecule has 1 fully saturated rings. The predicted octanol–water partition coefficient (Wildman–Crippen LogP) is 0.732. The molecule has 5 nitrogen and oxygen atoms in total. The Bertz CT molecular complexity index is 417. The highest BCUT2D eigenvalue weighted by atomic mass is 35.5. The summed E-state index contributed by atoms with van der Waals surface area (Å²) < 4.78 is 0. The first-order chi connectivity index (χ1) is 9.24. The first-order valence-corrected chi connectivity index (χ1v) is 6.97. The minimum atomic E-state index is -0.142. The molecule has 1 aliphatic rings. The van der Waals surface area contributed by atoms with Crippen LogP contribution >= 0.6 is 11.6 Å². The van der Waals surface area contributed by atoms with Gasteiger partial charge >= 0.3 is 0 Å². The Labute approximate surface area is 118 Å². The summed E-state index contributed by atoms with van der Waals surface area (Å²) in [4.78, 5) is 8.86. The Balaban J connectivity index is 2.05. The summed E-state index contributed by atoms with van der Waals surface area (Å²) in [6, 6.07) is 3.68. The zero-order valence-electron chi connectivity index (χ0n) is 10.9. The number of rotatable bonds is 4. The number of aliphatic hydroxyl groups excluding tert-OH is 2. The minimum Gasteiger partial charge on any atom is -0.395 e. The average molecular weight is 286 g/mol. The number of halogens is 1. The molecule has 2 heterocycles. The quantitative estimate of drug-likeness (QED) is 0.854. The van der Waals surface area contributed by atoms with Crippen molar-refractivity contribution in [3.05, 3.63) is 22.8 Å². The lowest BCUT2D eigenvalue weighted by molar-refractivity contribution is 0.204. The third-order valence-electron chi connectivity index (χ3n) is 3.38. The number of hydrogen-bond acceptors (Lipinski definition) is 5. The van der Waals surface area contributed by atoms with Gasteiger partial charge in [0.15, 0.2) is 0 Å². The summed E-state index contributed by atoms with van der Waals surface area (Å²) in [6.07, 6.45) is 1.04. The molecular formula is C13H20ClN3O2. The van der Waals surface area contributed by atoms with Crippen LogP contribution in [0.25, 0.3) is 0 Å². The number of pyridine rings is 1. The highest BCUT2D eigenvalue weighted by Gasteiger charge is 2.16. The molecule has 1 aromatic heterocycles. The summed E-state index contributed by atoms with van der Waals surface area (Å²) in [5, 5.41) is 18.7. The van der Waals surface area contributed by atoms with E-state index in [9.17, 15) is 5.11 Å². The number of nitrogens with zero attached hydrogens (tertiary/aromatic N) is 3. The molecule has 0 saturated carbocycles. The summed E-state index contributed by atoms with van der Waals surface area (Å²) in [7, 11) is 0. The molecule has 6 heteroatoms. The molecule has 0 aromatic carbocycles. The maximum atomic E-state index is 9.21. The van der Waals surface area contributed by atoms with Gasteiger partial charge in [0, 0.05) is 26.2 Å². The Kier molecular flexibility index (Phi) is 5.39. The van der Waals surface area contributed by atoms with Crippen LogP contribution in [0, 0.1) is 0 Å². The molecule has 19 heavy (non-hydrogen) atoms. The Hall–Kier alpha value is -0.880. The maximum Gasteiger partial charge on any atom is 0.129 e. The molecule has 0 aliphatic carbocycles. The third kappa shape index (κ3) is 3.79. The summed E-state index contributed by atoms with van der Waals surface area (Å²) in [5.74, 6) is 0.860. The lowest BCUT2D eigenvalue weighted by Crippen LogP contribution is -2.32. The Morgan fingerprint density at radius 3 is 2.74 bits per heavy atom. The van der Waals surface area contributed by atoms with Gasteiger partial charge in [0.05, 0.1) is 23.9 Å². The van der Waals surface area contributed by atoms with Crippen LogP contribution in [0.1, 0.15) is 12.1 Å². The molecule has 1 aliphatic heterocycles. The van der Waals surface area contributed by atoms with Crippen LogP contribution in [0.4, 0.5) is 5.82 Å². The second kappa shape index (κ2) is 7.05. The van der Waals surface area contributed by atoms with E-state index in [1.165, 1.54) is 0 Å². The van der Waals surface area contributed by atoms with Gasteiger partial charge in [-0.3, -0.25) is 4.90 Å². The molecule has 0 atom stereocenters. The summed E-state index contributed by atoms with van der Waals surface area (Å²) in [6.45, 7) is 4.51. The van der Waals surface area contributed by atoms with Crippen molar-refractivity contribution in [3.8, 4) is 0 Å². The first-order valence-electron chi connectivity index (χ1n) is 6.59. The van der Waals surface area contributed by atoms with Crippen molar-refractivity contribution in [2.45, 2.75) is 13.0 Å². The Morgan fingerprint density at radius 2 is 2.00 bits per heavy atom. The van der Waals surface area contributed by atoms with E-state index in [0.29, 0.717) is 10.7 Å². The van der Waals surface area contributed by atoms with Crippen molar-refractivity contribution >= 4 is 17.4 Å². The van der Waals surface area contributed by atoms with Gasteiger partial charge in [-0.05, 0) is 25.1 Å². The second-order valence-electron chi connectivity index (χ2n) is 4.66. The summed E-state index contributed by atoms with van der Waals surface area (Å²) in [5.41, 5.74) is 0.524. The Morgan fingerprint density at radius 1 is 1.16 bits per heavy atom. The fourth-order valence-electron chi connectivity index (χ4n) is 2.32. The maximum absolute atomic E-state index is 9.21. The van der Waals surface area contributed by atoms with Crippen LogP contribution in [-0.2, 0) is 6.61 Å². The van der Waals surface area contributed by atoms with Gasteiger partial charge in [-0.1, -0.05) is 11.6 Å². The highest BCUT2D eigenvalue weighted by molar-refractivity contribution is 6.31. The lowest BCUT2D eigenvalue weighted by atomic mass is 10.3. The van der Waals surface area contributed by atoms with E-state index in [0.717, 1.165) is 45.0 Å². The van der Waals surface area contributed by atoms with Crippen LogP contribution in [0.15, 0.2) is 12.1 Å². The normalized spacial score (nSPS) is 17.5. The molecule has 0 spiro atoms. The van der Waals surface area contributed by atoms with Gasteiger partial charge in [0.25, 0.3) is 0 Å². The number of aliphatic hydroxyl groups is 2. The van der Waals surface area contributed by atoms with Crippen LogP contribution in [0.5, 0.6) is 0 Å². The van der Waals surface area contributed by atoms with Crippen LogP contribution in [0.3, 0.4) is 0 Å². The largest absolute Gasteiger partial charge is 0.395 e. The first kappa shape index (κ1) is 14.5. The van der Waals surface area contributed by atoms with Gasteiger partial charge in [-0.15, -0.1) is 0 Å². The van der Waals surface area contributed by atoms with E-state index in [-0.39, 0.29) is 13.2 Å². The molecule has 0 unspecified atom stereocenters. The van der Waals surface area contributed by atoms with E-state index in [1.54, 1.807) is 6.07 Å². The van der Waals surface area contributed by atoms with Gasteiger partial charge < -0.3 is 15.1 Å². The molecule has 2 N–H and O–H groups in total. The van der Waals surface area contributed by atoms with Gasteiger partial charge in [0.1, 0.15) is 5.82 Å². The standard InChI is InChI=1S/C13H20ClN3O2/c14-11-2-3-13(15-12(11)10-19)17-5-1-4-16(6-7-17)8-9-18/h2-3,18-19H,1,4-10H2. The molecule has 1 aromatic rings. The number of hydrogen-bond donors (Lipinski definition) is 2. The molecule has 0 radical (unpaired) electrons. The predicted molar refractivity (Wildman–Crippen MR) is 75.5 cm³/mol. The molecule has 0 amide bonds. The molecule has 0 bridgehead atoms. The smallest absolute Gasteiger partial charge is 0.129 e. The monoisotopic (exact) mass is 285 g/mol. The van der Waals surface area contributed by atoms with E-state index < -0.39 is 0 Å². The van der Waals surface area contributed by atoms with Gasteiger partial charge in [-0.2, -0.15) is 0 Å². The number of aromatic nitrogens is 1. The van der Waals surface area contributed by atoms with Gasteiger partial charge in [0.2, 0.25) is 0 Å². The van der Waals surface area contributed by atoms with Crippen molar-refractivity contribution < 1.29 is 10.2 Å². The van der Waals surface area contributed by atoms with Gasteiger partial charge in [-0.25, -0.2) is 4.98 Å². The number of anilines is 1. The van der Waals surface area contributed by atoms with Crippen molar-refractivity contribution in [2.75, 3.05) is 44.2 Å². The van der Waals surface area contributed by atoms with Crippen LogP contribution in [-0.4, -0.2) is 59.4 Å². The zero-order valence-corrected chi connectivity index (χ0v) is 11.7. The van der Waals surface area contributed by atoms with Crippen molar-refractivity contribution in [2.24, 2.45) is 0 Å². The molecule has 1 saturated heterocycles. The molecular weight excluding hydrogens is 266 g/mol. The lowest BCUT2D eigenvalue weighted by Gasteiger charge is -2.23. The molecule has 2 rings (SSSR count). The van der Waals surface area contributed by atoms with E-state index in [4.69, 9.17) is 16.7 Å². The minimum absolute atomic E-state index is 0.142.